The second-order valence-electron chi connectivity index (χ2n) is 7.14. The third kappa shape index (κ3) is 5.39. The van der Waals surface area contributed by atoms with Crippen molar-refractivity contribution in [2.45, 2.75) is 4.90 Å². The number of carbonyl (C=O) groups is 1. The Hall–Kier alpha value is -4.12. The van der Waals surface area contributed by atoms with Crippen LogP contribution in [0.15, 0.2) is 71.6 Å². The number of benzene rings is 3. The highest BCUT2D eigenvalue weighted by Gasteiger charge is 2.20. The zero-order valence-corrected chi connectivity index (χ0v) is 18.9. The smallest absolute Gasteiger partial charge is 0.293 e. The maximum Gasteiger partial charge on any atom is 0.293 e. The van der Waals surface area contributed by atoms with E-state index in [1.807, 2.05) is 0 Å². The topological polar surface area (TPSA) is 131 Å². The van der Waals surface area contributed by atoms with Crippen LogP contribution in [0.2, 0.25) is 0 Å². The normalized spacial score (nSPS) is 10.9. The predicted octanol–water partition coefficient (Wildman–Crippen LogP) is 3.72. The highest BCUT2D eigenvalue weighted by molar-refractivity contribution is 7.92. The molecule has 10 nitrogen and oxygen atoms in total. The van der Waals surface area contributed by atoms with Crippen molar-refractivity contribution in [2.24, 2.45) is 0 Å². The van der Waals surface area contributed by atoms with Gasteiger partial charge in [-0.3, -0.25) is 19.6 Å². The van der Waals surface area contributed by atoms with Crippen LogP contribution in [-0.2, 0) is 10.0 Å². The number of hydrogen-bond donors (Lipinski definition) is 2. The molecule has 0 aliphatic rings. The summed E-state index contributed by atoms with van der Waals surface area (Å²) in [6.07, 6.45) is 0. The summed E-state index contributed by atoms with van der Waals surface area (Å²) in [7, 11) is 0.771. The minimum atomic E-state index is -3.98. The molecule has 3 aromatic carbocycles. The van der Waals surface area contributed by atoms with Crippen LogP contribution in [0.4, 0.5) is 22.7 Å². The van der Waals surface area contributed by atoms with E-state index in [-0.39, 0.29) is 27.5 Å². The molecule has 2 N–H and O–H groups in total. The molecule has 0 saturated carbocycles. The van der Waals surface area contributed by atoms with Gasteiger partial charge >= 0.3 is 0 Å². The second kappa shape index (κ2) is 9.57. The lowest BCUT2D eigenvalue weighted by Gasteiger charge is -2.14. The van der Waals surface area contributed by atoms with E-state index in [1.54, 1.807) is 43.3 Å². The molecule has 11 heteroatoms. The largest absolute Gasteiger partial charge is 0.495 e. The van der Waals surface area contributed by atoms with E-state index in [4.69, 9.17) is 4.74 Å². The molecule has 0 bridgehead atoms. The summed E-state index contributed by atoms with van der Waals surface area (Å²) in [5, 5.41) is 14.0. The lowest BCUT2D eigenvalue weighted by Crippen LogP contribution is -2.16. The molecule has 3 rings (SSSR count). The van der Waals surface area contributed by atoms with Crippen LogP contribution < -0.4 is 19.7 Å². The zero-order valence-electron chi connectivity index (χ0n) is 18.1. The van der Waals surface area contributed by atoms with Gasteiger partial charge in [0, 0.05) is 31.4 Å². The highest BCUT2D eigenvalue weighted by Crippen LogP contribution is 2.29. The summed E-state index contributed by atoms with van der Waals surface area (Å²) in [5.41, 5.74) is 0.676. The number of ether oxygens (including phenoxy) is 1. The fourth-order valence-corrected chi connectivity index (χ4v) is 4.18. The molecule has 0 saturated heterocycles. The van der Waals surface area contributed by atoms with Crippen LogP contribution >= 0.6 is 0 Å². The first-order valence-corrected chi connectivity index (χ1v) is 11.1. The van der Waals surface area contributed by atoms with Crippen LogP contribution in [0.3, 0.4) is 0 Å². The second-order valence-corrected chi connectivity index (χ2v) is 8.83. The summed E-state index contributed by atoms with van der Waals surface area (Å²) < 4.78 is 33.3. The summed E-state index contributed by atoms with van der Waals surface area (Å²) in [6.45, 7) is 0. The van der Waals surface area contributed by atoms with Gasteiger partial charge in [0.05, 0.1) is 22.6 Å². The molecule has 33 heavy (non-hydrogen) atoms. The van der Waals surface area contributed by atoms with Gasteiger partial charge in [0.2, 0.25) is 0 Å². The average Bonchev–Trinajstić information content (AvgIpc) is 2.78. The number of amides is 1. The first-order valence-electron chi connectivity index (χ1n) is 9.65. The molecule has 0 unspecified atom stereocenters. The lowest BCUT2D eigenvalue weighted by atomic mass is 10.1. The molecule has 0 aromatic heterocycles. The average molecular weight is 471 g/mol. The van der Waals surface area contributed by atoms with E-state index < -0.39 is 20.9 Å². The van der Waals surface area contributed by atoms with Crippen molar-refractivity contribution in [3.8, 4) is 5.75 Å². The van der Waals surface area contributed by atoms with E-state index >= 15 is 0 Å². The summed E-state index contributed by atoms with van der Waals surface area (Å²) in [6, 6.07) is 16.3. The molecule has 0 spiro atoms. The van der Waals surface area contributed by atoms with Crippen molar-refractivity contribution in [2.75, 3.05) is 36.1 Å². The molecule has 0 atom stereocenters. The van der Waals surface area contributed by atoms with Crippen molar-refractivity contribution < 1.29 is 22.9 Å². The van der Waals surface area contributed by atoms with E-state index in [0.717, 1.165) is 0 Å². The van der Waals surface area contributed by atoms with E-state index in [9.17, 15) is 23.3 Å². The maximum absolute atomic E-state index is 12.8. The van der Waals surface area contributed by atoms with Crippen LogP contribution in [0.25, 0.3) is 0 Å². The molecule has 0 aliphatic carbocycles. The van der Waals surface area contributed by atoms with Crippen LogP contribution in [0.5, 0.6) is 5.75 Å². The Bertz CT molecular complexity index is 1310. The minimum absolute atomic E-state index is 0.0627. The monoisotopic (exact) mass is 470 g/mol. The van der Waals surface area contributed by atoms with Gasteiger partial charge in [-0.1, -0.05) is 18.2 Å². The van der Waals surface area contributed by atoms with Gasteiger partial charge in [-0.05, 0) is 42.5 Å². The van der Waals surface area contributed by atoms with Gasteiger partial charge in [-0.2, -0.15) is 0 Å². The lowest BCUT2D eigenvalue weighted by molar-refractivity contribution is -0.384. The summed E-state index contributed by atoms with van der Waals surface area (Å²) in [5.74, 6) is -0.260. The summed E-state index contributed by atoms with van der Waals surface area (Å²) >= 11 is 0. The Morgan fingerprint density at radius 3 is 2.42 bits per heavy atom. The zero-order chi connectivity index (χ0) is 24.2. The predicted molar refractivity (Wildman–Crippen MR) is 126 cm³/mol. The van der Waals surface area contributed by atoms with Gasteiger partial charge in [0.15, 0.2) is 0 Å². The summed E-state index contributed by atoms with van der Waals surface area (Å²) in [4.78, 5) is 25.0. The Balaban J connectivity index is 1.85. The third-order valence-electron chi connectivity index (χ3n) is 4.67. The molecular weight excluding hydrogens is 448 g/mol. The Morgan fingerprint density at radius 1 is 1.03 bits per heavy atom. The fraction of sp³-hybridized carbons (Fsp3) is 0.136. The van der Waals surface area contributed by atoms with Gasteiger partial charge in [0.25, 0.3) is 21.6 Å². The van der Waals surface area contributed by atoms with Gasteiger partial charge in [0.1, 0.15) is 11.4 Å². The molecule has 1 amide bonds. The molecule has 0 aliphatic heterocycles. The number of anilines is 3. The van der Waals surface area contributed by atoms with Crippen molar-refractivity contribution in [1.29, 1.82) is 0 Å². The standard InChI is InChI=1S/C22H22N4O6S/c1-25(2)19-12-11-15(13-20(19)26(28)29)22(27)23-16-7-6-8-17(14-16)33(30,31)24-18-9-4-5-10-21(18)32-3/h4-14,24H,1-3H3,(H,23,27). The van der Waals surface area contributed by atoms with Gasteiger partial charge in [-0.25, -0.2) is 8.42 Å². The van der Waals surface area contributed by atoms with Crippen molar-refractivity contribution in [3.05, 3.63) is 82.4 Å². The quantitative estimate of drug-likeness (QED) is 0.379. The SMILES string of the molecule is COc1ccccc1NS(=O)(=O)c1cccc(NC(=O)c2ccc(N(C)C)c([N+](=O)[O-])c2)c1. The van der Waals surface area contributed by atoms with Crippen LogP contribution in [0.1, 0.15) is 10.4 Å². The number of nitro groups is 1. The van der Waals surface area contributed by atoms with E-state index in [2.05, 4.69) is 10.0 Å². The Kier molecular flexibility index (Phi) is 6.83. The molecule has 0 radical (unpaired) electrons. The van der Waals surface area contributed by atoms with Crippen LogP contribution in [0, 0.1) is 10.1 Å². The van der Waals surface area contributed by atoms with Crippen LogP contribution in [-0.4, -0.2) is 40.5 Å². The molecule has 3 aromatic rings. The van der Waals surface area contributed by atoms with Crippen molar-refractivity contribution in [3.63, 3.8) is 0 Å². The van der Waals surface area contributed by atoms with E-state index in [1.165, 1.54) is 49.6 Å². The molecule has 0 fully saturated rings. The number of carbonyl (C=O) groups excluding carboxylic acids is 1. The number of nitro benzene ring substituents is 1. The Labute approximate surface area is 191 Å². The number of hydrogen-bond acceptors (Lipinski definition) is 7. The third-order valence-corrected chi connectivity index (χ3v) is 6.03. The van der Waals surface area contributed by atoms with Crippen molar-refractivity contribution >= 4 is 38.7 Å². The number of nitrogens with zero attached hydrogens (tertiary/aromatic N) is 2. The minimum Gasteiger partial charge on any atom is -0.495 e. The van der Waals surface area contributed by atoms with Gasteiger partial charge < -0.3 is 15.0 Å². The molecule has 0 heterocycles. The molecule has 172 valence electrons. The Morgan fingerprint density at radius 2 is 1.76 bits per heavy atom. The number of rotatable bonds is 8. The number of methoxy groups -OCH3 is 1. The number of sulfonamides is 1. The first kappa shape index (κ1) is 23.5. The van der Waals surface area contributed by atoms with E-state index in [0.29, 0.717) is 11.4 Å². The number of para-hydroxylation sites is 2. The fourth-order valence-electron chi connectivity index (χ4n) is 3.07. The van der Waals surface area contributed by atoms with Gasteiger partial charge in [-0.15, -0.1) is 0 Å². The highest BCUT2D eigenvalue weighted by atomic mass is 32.2. The first-order chi connectivity index (χ1) is 15.6. The maximum atomic E-state index is 12.8. The number of nitrogens with one attached hydrogen (secondary N) is 2. The van der Waals surface area contributed by atoms with Crippen molar-refractivity contribution in [1.82, 2.24) is 0 Å². The molecular formula is C22H22N4O6S.